The van der Waals surface area contributed by atoms with Gasteiger partial charge in [0.1, 0.15) is 36.6 Å². The van der Waals surface area contributed by atoms with Crippen LogP contribution < -0.4 is 32.0 Å². The van der Waals surface area contributed by atoms with E-state index >= 15 is 0 Å². The largest absolute Gasteiger partial charge is 0.756 e. The fourth-order valence-corrected chi connectivity index (χ4v) is 12.3. The number of aryl methyl sites for hydroxylation is 1. The van der Waals surface area contributed by atoms with Gasteiger partial charge in [-0.3, -0.25) is 46.9 Å². The molecular weight excluding hydrogens is 860 g/mol. The predicted molar refractivity (Wildman–Crippen MR) is 181 cm³/mol. The van der Waals surface area contributed by atoms with Crippen molar-refractivity contribution >= 4 is 65.1 Å². The fraction of sp³-hybridized carbons (Fsp3) is 0.565. The van der Waals surface area contributed by atoms with E-state index < -0.39 is 110 Å². The quantitative estimate of drug-likeness (QED) is 0.0399. The first kappa shape index (κ1) is 43.2. The molecule has 12 atom stereocenters. The molecule has 4 unspecified atom stereocenters. The molecule has 30 nitrogen and oxygen atoms in total. The van der Waals surface area contributed by atoms with Crippen molar-refractivity contribution in [1.29, 1.82) is 0 Å². The van der Waals surface area contributed by atoms with E-state index in [0.29, 0.717) is 0 Å². The summed E-state index contributed by atoms with van der Waals surface area (Å²) in [7, 11) is -20.6. The van der Waals surface area contributed by atoms with Crippen LogP contribution >= 0.6 is 30.8 Å². The number of nitrogens with zero attached hydrogens (tertiary/aromatic N) is 6. The highest BCUT2D eigenvalue weighted by molar-refractivity contribution is 7.75. The van der Waals surface area contributed by atoms with Gasteiger partial charge in [0.2, 0.25) is 17.7 Å². The number of rotatable bonds is 15. The van der Waals surface area contributed by atoms with E-state index in [1.54, 1.807) is 0 Å². The van der Waals surface area contributed by atoms with E-state index in [9.17, 15) is 62.7 Å². The molecular formula is C23H34N10O20P4. The monoisotopic (exact) mass is 894 g/mol. The number of aromatic amines is 2. The molecule has 0 amide bonds. The van der Waals surface area contributed by atoms with Gasteiger partial charge in [0.15, 0.2) is 29.6 Å². The van der Waals surface area contributed by atoms with Crippen LogP contribution in [0.25, 0.3) is 22.3 Å². The number of aliphatic hydroxyl groups is 3. The number of imidazole rings is 2. The Balaban J connectivity index is 1.04. The lowest BCUT2D eigenvalue weighted by atomic mass is 10.1. The highest BCUT2D eigenvalue weighted by Gasteiger charge is 2.50. The molecule has 2 aliphatic heterocycles. The summed E-state index contributed by atoms with van der Waals surface area (Å²) in [6.07, 6.45) is -10.0. The Hall–Kier alpha value is -3.34. The maximum Gasteiger partial charge on any atom is 0.478 e. The number of nitrogen functional groups attached to an aromatic ring is 2. The van der Waals surface area contributed by atoms with Crippen LogP contribution in [0.2, 0.25) is 0 Å². The first-order valence-corrected chi connectivity index (χ1v) is 22.2. The summed E-state index contributed by atoms with van der Waals surface area (Å²) in [5.41, 5.74) is 9.51. The third-order valence-corrected chi connectivity index (χ3v) is 15.7. The van der Waals surface area contributed by atoms with Gasteiger partial charge >= 0.3 is 28.7 Å². The third kappa shape index (κ3) is 9.13. The molecule has 34 heteroatoms. The Morgan fingerprint density at radius 1 is 0.912 bits per heavy atom. The van der Waals surface area contributed by atoms with Crippen molar-refractivity contribution in [2.24, 2.45) is 7.05 Å². The van der Waals surface area contributed by atoms with Gasteiger partial charge in [0, 0.05) is 7.11 Å². The summed E-state index contributed by atoms with van der Waals surface area (Å²) in [4.78, 5) is 83.6. The lowest BCUT2D eigenvalue weighted by Gasteiger charge is -2.27. The molecule has 0 spiro atoms. The highest BCUT2D eigenvalue weighted by atomic mass is 31.3. The topological polar surface area (TPSA) is 448 Å². The minimum absolute atomic E-state index is 0.00742. The lowest BCUT2D eigenvalue weighted by Crippen LogP contribution is -2.47. The number of H-pyrrole nitrogens is 2. The van der Waals surface area contributed by atoms with Crippen LogP contribution in [-0.2, 0) is 57.2 Å². The Labute approximate surface area is 315 Å². The van der Waals surface area contributed by atoms with Crippen LogP contribution in [0.4, 0.5) is 11.9 Å². The Bertz CT molecular complexity index is 2490. The minimum Gasteiger partial charge on any atom is -0.756 e. The SMILES string of the molecule is CO[C@@H]1[C@H](O)[C@@H](COP(=O)(O)CP(=O)(O)OP(=O)([O-])OP(=O)(O)OC[C@H]2O[C@@H](n3cnc4c(=O)[nH]c(N)nc43)[C@H](O)[C@@H]2O)O[C@H]1[n+]1cn(C)c2c(=O)[nH]c(N)nc21. The van der Waals surface area contributed by atoms with Crippen molar-refractivity contribution in [3.05, 3.63) is 33.4 Å². The van der Waals surface area contributed by atoms with E-state index in [4.69, 9.17) is 30.2 Å². The highest BCUT2D eigenvalue weighted by Crippen LogP contribution is 2.69. The molecule has 0 aromatic carbocycles. The Kier molecular flexibility index (Phi) is 11.9. The van der Waals surface area contributed by atoms with Crippen LogP contribution in [0, 0.1) is 0 Å². The second-order valence-corrected chi connectivity index (χ2v) is 19.8. The maximum atomic E-state index is 12.8. The van der Waals surface area contributed by atoms with Crippen LogP contribution in [0.15, 0.2) is 22.2 Å². The number of nitrogens with two attached hydrogens (primary N) is 2. The van der Waals surface area contributed by atoms with E-state index in [-0.39, 0.29) is 34.2 Å². The summed E-state index contributed by atoms with van der Waals surface area (Å²) in [6.45, 7) is -2.13. The molecule has 6 heterocycles. The van der Waals surface area contributed by atoms with Gasteiger partial charge in [-0.2, -0.15) is 4.98 Å². The van der Waals surface area contributed by atoms with Crippen molar-refractivity contribution in [2.75, 3.05) is 37.7 Å². The number of nitrogens with one attached hydrogen (secondary N) is 2. The second kappa shape index (κ2) is 15.7. The molecule has 0 bridgehead atoms. The molecule has 57 heavy (non-hydrogen) atoms. The zero-order chi connectivity index (χ0) is 42.0. The van der Waals surface area contributed by atoms with Crippen molar-refractivity contribution in [1.82, 2.24) is 34.1 Å². The van der Waals surface area contributed by atoms with Crippen molar-refractivity contribution in [3.8, 4) is 0 Å². The average Bonchev–Trinajstić information content (AvgIpc) is 3.80. The Morgan fingerprint density at radius 2 is 1.54 bits per heavy atom. The molecule has 4 aromatic heterocycles. The normalized spacial score (nSPS) is 29.6. The van der Waals surface area contributed by atoms with Gasteiger partial charge in [-0.25, -0.2) is 22.7 Å². The second-order valence-electron chi connectivity index (χ2n) is 12.4. The number of phosphoric ester groups is 1. The van der Waals surface area contributed by atoms with Crippen LogP contribution in [0.1, 0.15) is 12.5 Å². The van der Waals surface area contributed by atoms with E-state index in [2.05, 4.69) is 38.1 Å². The number of anilines is 2. The molecule has 12 N–H and O–H groups in total. The summed E-state index contributed by atoms with van der Waals surface area (Å²) in [5.74, 6) is -2.52. The number of aliphatic hydroxyl groups excluding tert-OH is 3. The molecule has 6 rings (SSSR count). The Morgan fingerprint density at radius 3 is 2.23 bits per heavy atom. The number of phosphoric acid groups is 2. The number of methoxy groups -OCH3 is 1. The van der Waals surface area contributed by atoms with E-state index in [1.165, 1.54) is 29.6 Å². The number of aromatic nitrogens is 8. The third-order valence-electron chi connectivity index (χ3n) is 8.34. The van der Waals surface area contributed by atoms with Gasteiger partial charge in [-0.1, -0.05) is 4.98 Å². The van der Waals surface area contributed by atoms with Crippen LogP contribution in [0.3, 0.4) is 0 Å². The molecule has 0 aliphatic carbocycles. The van der Waals surface area contributed by atoms with Gasteiger partial charge in [-0.05, 0) is 0 Å². The van der Waals surface area contributed by atoms with Gasteiger partial charge in [-0.15, -0.1) is 0 Å². The van der Waals surface area contributed by atoms with Gasteiger partial charge < -0.3 is 65.1 Å². The lowest BCUT2D eigenvalue weighted by molar-refractivity contribution is -0.746. The molecule has 0 radical (unpaired) electrons. The number of hydrogen-bond acceptors (Lipinski definition) is 22. The summed E-state index contributed by atoms with van der Waals surface area (Å²) >= 11 is 0. The first-order valence-electron chi connectivity index (χ1n) is 15.8. The van der Waals surface area contributed by atoms with Crippen LogP contribution in [-0.4, -0.2) is 127 Å². The van der Waals surface area contributed by atoms with Gasteiger partial charge in [0.05, 0.1) is 26.6 Å². The van der Waals surface area contributed by atoms with Gasteiger partial charge in [0.25, 0.3) is 24.9 Å². The maximum absolute atomic E-state index is 12.8. The molecule has 0 saturated carbocycles. The summed E-state index contributed by atoms with van der Waals surface area (Å²) < 4.78 is 87.6. The molecule has 2 aliphatic rings. The summed E-state index contributed by atoms with van der Waals surface area (Å²) in [5, 5.41) is 31.8. The fourth-order valence-electron chi connectivity index (χ4n) is 5.99. The first-order chi connectivity index (χ1) is 26.4. The van der Waals surface area contributed by atoms with E-state index in [0.717, 1.165) is 10.9 Å². The molecule has 2 fully saturated rings. The molecule has 4 aromatic rings. The molecule has 316 valence electrons. The minimum atomic E-state index is -6.36. The molecule has 2 saturated heterocycles. The van der Waals surface area contributed by atoms with Crippen molar-refractivity contribution in [3.63, 3.8) is 0 Å². The van der Waals surface area contributed by atoms with E-state index in [1.807, 2.05) is 0 Å². The standard InChI is InChI=1S/C23H34N10O20P4/c1-31-6-33(17-11(31)19(38)30-23(25)28-17)21-15(47-2)13(35)9(51-21)3-48-54(39,40)7-55(41,42)52-57(45,46)53-56(43,44)49-4-8-12(34)14(36)20(50-8)32-5-26-10-16(32)27-22(24)29-18(10)37/h5-6,8-9,12-15,20-21,34-36H,3-4,7H2,1-2H3,(H9-,24,25,27,28,29,30,37,38,39,40,41,42,43,44,45,46)/t8-,9-,12-,13-,14-,15-,20-,21-/m1/s1. The van der Waals surface area contributed by atoms with Crippen molar-refractivity contribution in [2.45, 2.75) is 49.1 Å². The smallest absolute Gasteiger partial charge is 0.478 e. The zero-order valence-corrected chi connectivity index (χ0v) is 32.5. The predicted octanol–water partition coefficient (Wildman–Crippen LogP) is -4.30. The zero-order valence-electron chi connectivity index (χ0n) is 28.9. The average molecular weight is 894 g/mol. The van der Waals surface area contributed by atoms with Crippen LogP contribution in [0.5, 0.6) is 0 Å². The number of hydrogen-bond donors (Lipinski definition) is 10. The number of fused-ring (bicyclic) bond motifs is 2. The summed E-state index contributed by atoms with van der Waals surface area (Å²) in [6, 6.07) is 0. The number of ether oxygens (including phenoxy) is 3. The van der Waals surface area contributed by atoms with Crippen molar-refractivity contribution < 1.29 is 89.6 Å².